The van der Waals surface area contributed by atoms with Crippen LogP contribution in [0.15, 0.2) is 32.5 Å². The van der Waals surface area contributed by atoms with Crippen LogP contribution in [0.4, 0.5) is 0 Å². The molecule has 0 heterocycles. The number of rotatable bonds is 3. The van der Waals surface area contributed by atoms with Crippen molar-refractivity contribution >= 4 is 35.8 Å². The van der Waals surface area contributed by atoms with Crippen molar-refractivity contribution in [2.45, 2.75) is 16.7 Å². The Bertz CT molecular complexity index is 607. The summed E-state index contributed by atoms with van der Waals surface area (Å²) in [5.41, 5.74) is 0. The Balaban J connectivity index is 3.54. The van der Waals surface area contributed by atoms with Crippen molar-refractivity contribution < 1.29 is 16.8 Å². The fraction of sp³-hybridized carbons (Fsp3) is 0.250. The van der Waals surface area contributed by atoms with Gasteiger partial charge in [0.05, 0.1) is 15.5 Å². The molecule has 16 heavy (non-hydrogen) atoms. The highest BCUT2D eigenvalue weighted by Gasteiger charge is 2.19. The summed E-state index contributed by atoms with van der Waals surface area (Å²) in [5, 5.41) is 4.92. The minimum absolute atomic E-state index is 0.0680. The Morgan fingerprint density at radius 2 is 1.81 bits per heavy atom. The van der Waals surface area contributed by atoms with Crippen molar-refractivity contribution in [3.63, 3.8) is 0 Å². The molecule has 0 radical (unpaired) electrons. The van der Waals surface area contributed by atoms with Gasteiger partial charge in [-0.2, -0.15) is 0 Å². The number of hydrogen-bond donors (Lipinski definition) is 1. The van der Waals surface area contributed by atoms with E-state index in [0.29, 0.717) is 4.47 Å². The molecule has 0 aliphatic rings. The molecule has 0 atom stereocenters. The highest BCUT2D eigenvalue weighted by Crippen LogP contribution is 2.25. The van der Waals surface area contributed by atoms with E-state index in [0.717, 1.165) is 6.07 Å². The number of sulfone groups is 1. The fourth-order valence-electron chi connectivity index (χ4n) is 1.05. The summed E-state index contributed by atoms with van der Waals surface area (Å²) in [4.78, 5) is -0.288. The lowest BCUT2D eigenvalue weighted by molar-refractivity contribution is 0.595. The standard InChI is InChI=1S/C8H10BrNO4S2/c1-2-15(11,12)8-5-6(16(10,13)14)3-4-7(8)9/h3-5H,2H2,1H3,(H2,10,13,14). The fourth-order valence-corrected chi connectivity index (χ4v) is 3.64. The smallest absolute Gasteiger partial charge is 0.225 e. The monoisotopic (exact) mass is 327 g/mol. The quantitative estimate of drug-likeness (QED) is 0.891. The third-order valence-electron chi connectivity index (χ3n) is 1.95. The van der Waals surface area contributed by atoms with Crippen LogP contribution in [-0.4, -0.2) is 22.6 Å². The van der Waals surface area contributed by atoms with Gasteiger partial charge in [-0.1, -0.05) is 6.92 Å². The molecule has 1 aromatic carbocycles. The lowest BCUT2D eigenvalue weighted by Gasteiger charge is -2.06. The Kier molecular flexibility index (Phi) is 3.78. The van der Waals surface area contributed by atoms with E-state index in [2.05, 4.69) is 15.9 Å². The maximum Gasteiger partial charge on any atom is 0.238 e. The maximum absolute atomic E-state index is 11.6. The number of nitrogens with two attached hydrogens (primary N) is 1. The Hall–Kier alpha value is -0.440. The third-order valence-corrected chi connectivity index (χ3v) is 5.58. The second kappa shape index (κ2) is 4.44. The topological polar surface area (TPSA) is 94.3 Å². The van der Waals surface area contributed by atoms with Gasteiger partial charge in [0.15, 0.2) is 9.84 Å². The van der Waals surface area contributed by atoms with Gasteiger partial charge in [0.1, 0.15) is 0 Å². The molecule has 0 aromatic heterocycles. The van der Waals surface area contributed by atoms with E-state index in [1.165, 1.54) is 19.1 Å². The lowest BCUT2D eigenvalue weighted by atomic mass is 10.4. The van der Waals surface area contributed by atoms with Crippen molar-refractivity contribution in [3.05, 3.63) is 22.7 Å². The van der Waals surface area contributed by atoms with Gasteiger partial charge in [0.25, 0.3) is 0 Å². The first kappa shape index (κ1) is 13.6. The van der Waals surface area contributed by atoms with Crippen LogP contribution in [0.5, 0.6) is 0 Å². The number of halogens is 1. The zero-order valence-corrected chi connectivity index (χ0v) is 11.6. The van der Waals surface area contributed by atoms with Crippen molar-refractivity contribution in [1.82, 2.24) is 0 Å². The molecule has 2 N–H and O–H groups in total. The van der Waals surface area contributed by atoms with Crippen LogP contribution in [0.25, 0.3) is 0 Å². The molecule has 0 aliphatic carbocycles. The van der Waals surface area contributed by atoms with Gasteiger partial charge < -0.3 is 0 Å². The average Bonchev–Trinajstić information content (AvgIpc) is 2.16. The molecule has 0 saturated carbocycles. The molecule has 0 unspecified atom stereocenters. The van der Waals surface area contributed by atoms with E-state index in [1.54, 1.807) is 0 Å². The molecule has 90 valence electrons. The normalized spacial score (nSPS) is 12.7. The van der Waals surface area contributed by atoms with E-state index >= 15 is 0 Å². The molecule has 0 aliphatic heterocycles. The second-order valence-electron chi connectivity index (χ2n) is 3.04. The molecule has 8 heteroatoms. The Morgan fingerprint density at radius 1 is 1.25 bits per heavy atom. The van der Waals surface area contributed by atoms with E-state index in [-0.39, 0.29) is 15.5 Å². The van der Waals surface area contributed by atoms with E-state index in [1.807, 2.05) is 0 Å². The molecular weight excluding hydrogens is 318 g/mol. The largest absolute Gasteiger partial charge is 0.238 e. The van der Waals surface area contributed by atoms with Crippen LogP contribution >= 0.6 is 15.9 Å². The van der Waals surface area contributed by atoms with Crippen molar-refractivity contribution in [2.75, 3.05) is 5.75 Å². The van der Waals surface area contributed by atoms with Gasteiger partial charge >= 0.3 is 0 Å². The van der Waals surface area contributed by atoms with Crippen molar-refractivity contribution in [1.29, 1.82) is 0 Å². The molecule has 5 nitrogen and oxygen atoms in total. The summed E-state index contributed by atoms with van der Waals surface area (Å²) in [6, 6.07) is 3.65. The summed E-state index contributed by atoms with van der Waals surface area (Å²) in [6.45, 7) is 1.48. The van der Waals surface area contributed by atoms with Crippen molar-refractivity contribution in [3.8, 4) is 0 Å². The summed E-state index contributed by atoms with van der Waals surface area (Å²) < 4.78 is 45.8. The minimum atomic E-state index is -3.90. The second-order valence-corrected chi connectivity index (χ2v) is 7.70. The zero-order valence-electron chi connectivity index (χ0n) is 8.34. The SMILES string of the molecule is CCS(=O)(=O)c1cc(S(N)(=O)=O)ccc1Br. The first-order valence-corrected chi connectivity index (χ1v) is 8.22. The number of sulfonamides is 1. The molecule has 0 amide bonds. The van der Waals surface area contributed by atoms with Crippen LogP contribution in [0.1, 0.15) is 6.92 Å². The predicted octanol–water partition coefficient (Wildman–Crippen LogP) is 0.890. The third kappa shape index (κ3) is 2.82. The Labute approximate surface area is 103 Å². The Morgan fingerprint density at radius 3 is 2.25 bits per heavy atom. The molecule has 1 aromatic rings. The average molecular weight is 328 g/mol. The van der Waals surface area contributed by atoms with Crippen molar-refractivity contribution in [2.24, 2.45) is 5.14 Å². The van der Waals surface area contributed by atoms with E-state index < -0.39 is 19.9 Å². The lowest BCUT2D eigenvalue weighted by Crippen LogP contribution is -2.13. The van der Waals surface area contributed by atoms with Crippen LogP contribution in [-0.2, 0) is 19.9 Å². The van der Waals surface area contributed by atoms with Gasteiger partial charge in [-0.15, -0.1) is 0 Å². The molecular formula is C8H10BrNO4S2. The summed E-state index contributed by atoms with van der Waals surface area (Å²) in [6.07, 6.45) is 0. The molecule has 0 spiro atoms. The van der Waals surface area contributed by atoms with Crippen LogP contribution < -0.4 is 5.14 Å². The summed E-state index contributed by atoms with van der Waals surface area (Å²) >= 11 is 3.06. The van der Waals surface area contributed by atoms with E-state index in [4.69, 9.17) is 5.14 Å². The van der Waals surface area contributed by atoms with Gasteiger partial charge in [0.2, 0.25) is 10.0 Å². The molecule has 0 saturated heterocycles. The maximum atomic E-state index is 11.6. The van der Waals surface area contributed by atoms with E-state index in [9.17, 15) is 16.8 Å². The van der Waals surface area contributed by atoms with Gasteiger partial charge in [0, 0.05) is 4.47 Å². The van der Waals surface area contributed by atoms with Crippen LogP contribution in [0.3, 0.4) is 0 Å². The molecule has 1 rings (SSSR count). The summed E-state index contributed by atoms with van der Waals surface area (Å²) in [7, 11) is -7.37. The predicted molar refractivity (Wildman–Crippen MR) is 63.2 cm³/mol. The van der Waals surface area contributed by atoms with Gasteiger partial charge in [-0.05, 0) is 34.1 Å². The number of hydrogen-bond acceptors (Lipinski definition) is 4. The van der Waals surface area contributed by atoms with Crippen LogP contribution in [0.2, 0.25) is 0 Å². The first-order chi connectivity index (χ1) is 7.18. The minimum Gasteiger partial charge on any atom is -0.225 e. The zero-order chi connectivity index (χ0) is 12.6. The summed E-state index contributed by atoms with van der Waals surface area (Å²) in [5.74, 6) is -0.111. The number of benzene rings is 1. The molecule has 0 fully saturated rings. The van der Waals surface area contributed by atoms with Gasteiger partial charge in [-0.25, -0.2) is 22.0 Å². The highest BCUT2D eigenvalue weighted by atomic mass is 79.9. The van der Waals surface area contributed by atoms with Crippen LogP contribution in [0, 0.1) is 0 Å². The number of primary sulfonamides is 1. The molecule has 0 bridgehead atoms. The highest BCUT2D eigenvalue weighted by molar-refractivity contribution is 9.10. The first-order valence-electron chi connectivity index (χ1n) is 4.23. The van der Waals surface area contributed by atoms with Gasteiger partial charge in [-0.3, -0.25) is 0 Å².